The first-order chi connectivity index (χ1) is 7.02. The molecule has 0 unspecified atom stereocenters. The van der Waals surface area contributed by atoms with E-state index in [0.717, 1.165) is 4.57 Å². The molecule has 7 heteroatoms. The van der Waals surface area contributed by atoms with E-state index in [-0.39, 0.29) is 20.7 Å². The Labute approximate surface area is 96.4 Å². The summed E-state index contributed by atoms with van der Waals surface area (Å²) >= 11 is 8.46. The van der Waals surface area contributed by atoms with Crippen LogP contribution in [-0.2, 0) is 0 Å². The van der Waals surface area contributed by atoms with Crippen molar-refractivity contribution >= 4 is 44.5 Å². The molecule has 2 heterocycles. The highest BCUT2D eigenvalue weighted by atomic mass is 79.9. The molecule has 15 heavy (non-hydrogen) atoms. The molecule has 0 atom stereocenters. The van der Waals surface area contributed by atoms with Gasteiger partial charge in [0.05, 0.1) is 10.9 Å². The summed E-state index contributed by atoms with van der Waals surface area (Å²) in [5, 5.41) is 9.08. The summed E-state index contributed by atoms with van der Waals surface area (Å²) in [6.45, 7) is 0. The number of carbonyl (C=O) groups is 1. The Balaban J connectivity index is 2.95. The Hall–Kier alpha value is -1.14. The van der Waals surface area contributed by atoms with Crippen LogP contribution in [0, 0.1) is 5.82 Å². The van der Waals surface area contributed by atoms with E-state index in [2.05, 4.69) is 20.9 Å². The molecule has 78 valence electrons. The summed E-state index contributed by atoms with van der Waals surface area (Å²) in [6, 6.07) is 1.29. The third-order valence-corrected chi connectivity index (χ3v) is 2.80. The topological polar surface area (TPSA) is 55.1 Å². The number of hydrogen-bond acceptors (Lipinski definition) is 2. The quantitative estimate of drug-likeness (QED) is 0.759. The molecule has 0 radical (unpaired) electrons. The molecule has 0 saturated carbocycles. The average molecular weight is 293 g/mol. The number of fused-ring (bicyclic) bond motifs is 1. The standard InChI is InChI=1S/C8H3BrClFN2O2/c9-7-6(11)3-2-12-5(10)1-4(3)13(7)8(14)15/h1-2H,(H,14,15). The van der Waals surface area contributed by atoms with Gasteiger partial charge in [-0.3, -0.25) is 0 Å². The molecule has 0 aliphatic carbocycles. The van der Waals surface area contributed by atoms with Gasteiger partial charge >= 0.3 is 6.09 Å². The van der Waals surface area contributed by atoms with Crippen molar-refractivity contribution in [3.8, 4) is 0 Å². The maximum absolute atomic E-state index is 13.5. The fourth-order valence-electron chi connectivity index (χ4n) is 1.28. The van der Waals surface area contributed by atoms with Gasteiger partial charge in [-0.1, -0.05) is 11.6 Å². The molecule has 2 aromatic heterocycles. The summed E-state index contributed by atoms with van der Waals surface area (Å²) < 4.78 is 14.1. The summed E-state index contributed by atoms with van der Waals surface area (Å²) in [6.07, 6.45) is -0.102. The summed E-state index contributed by atoms with van der Waals surface area (Å²) in [7, 11) is 0. The third kappa shape index (κ3) is 1.49. The third-order valence-electron chi connectivity index (χ3n) is 1.89. The Morgan fingerprint density at radius 1 is 1.67 bits per heavy atom. The van der Waals surface area contributed by atoms with Crippen LogP contribution >= 0.6 is 27.5 Å². The second kappa shape index (κ2) is 3.46. The predicted molar refractivity (Wildman–Crippen MR) is 55.8 cm³/mol. The number of carboxylic acid groups (broad SMARTS) is 1. The maximum atomic E-state index is 13.5. The molecule has 0 amide bonds. The van der Waals surface area contributed by atoms with E-state index in [1.807, 2.05) is 0 Å². The minimum atomic E-state index is -1.29. The molecule has 2 aromatic rings. The van der Waals surface area contributed by atoms with Crippen molar-refractivity contribution in [3.63, 3.8) is 0 Å². The molecular weight excluding hydrogens is 290 g/mol. The maximum Gasteiger partial charge on any atom is 0.417 e. The number of hydrogen-bond donors (Lipinski definition) is 1. The summed E-state index contributed by atoms with van der Waals surface area (Å²) in [5.74, 6) is -0.670. The van der Waals surface area contributed by atoms with Crippen LogP contribution in [-0.4, -0.2) is 20.8 Å². The first kappa shape index (κ1) is 10.4. The number of rotatable bonds is 0. The van der Waals surface area contributed by atoms with Crippen LogP contribution in [0.1, 0.15) is 0 Å². The SMILES string of the molecule is O=C(O)n1c(Br)c(F)c2cnc(Cl)cc21. The van der Waals surface area contributed by atoms with Gasteiger partial charge in [0.15, 0.2) is 5.82 Å². The van der Waals surface area contributed by atoms with E-state index in [1.165, 1.54) is 12.3 Å². The Kier molecular flexibility index (Phi) is 2.40. The summed E-state index contributed by atoms with van der Waals surface area (Å²) in [4.78, 5) is 14.5. The highest BCUT2D eigenvalue weighted by Crippen LogP contribution is 2.29. The lowest BCUT2D eigenvalue weighted by atomic mass is 10.3. The smallest absolute Gasteiger partial charge is 0.417 e. The molecule has 0 saturated heterocycles. The lowest BCUT2D eigenvalue weighted by Crippen LogP contribution is -2.07. The van der Waals surface area contributed by atoms with E-state index < -0.39 is 11.9 Å². The van der Waals surface area contributed by atoms with Gasteiger partial charge in [0, 0.05) is 12.3 Å². The van der Waals surface area contributed by atoms with Gasteiger partial charge in [0.1, 0.15) is 9.76 Å². The number of nitrogens with zero attached hydrogens (tertiary/aromatic N) is 2. The fourth-order valence-corrected chi connectivity index (χ4v) is 1.98. The van der Waals surface area contributed by atoms with Crippen LogP contribution in [0.2, 0.25) is 5.15 Å². The summed E-state index contributed by atoms with van der Waals surface area (Å²) in [5.41, 5.74) is 0.159. The second-order valence-corrected chi connectivity index (χ2v) is 3.89. The predicted octanol–water partition coefficient (Wildman–Crippen LogP) is 3.12. The molecule has 0 fully saturated rings. The first-order valence-electron chi connectivity index (χ1n) is 3.76. The number of aromatic nitrogens is 2. The second-order valence-electron chi connectivity index (χ2n) is 2.75. The van der Waals surface area contributed by atoms with Crippen LogP contribution in [0.3, 0.4) is 0 Å². The number of halogens is 3. The lowest BCUT2D eigenvalue weighted by Gasteiger charge is -1.98. The van der Waals surface area contributed by atoms with E-state index in [4.69, 9.17) is 16.7 Å². The van der Waals surface area contributed by atoms with Crippen molar-refractivity contribution in [1.82, 2.24) is 9.55 Å². The highest BCUT2D eigenvalue weighted by Gasteiger charge is 2.19. The normalized spacial score (nSPS) is 10.9. The van der Waals surface area contributed by atoms with E-state index in [0.29, 0.717) is 0 Å². The van der Waals surface area contributed by atoms with Crippen molar-refractivity contribution in [2.24, 2.45) is 0 Å². The van der Waals surface area contributed by atoms with E-state index >= 15 is 0 Å². The molecule has 0 aliphatic rings. The molecular formula is C8H3BrClFN2O2. The largest absolute Gasteiger partial charge is 0.464 e. The zero-order chi connectivity index (χ0) is 11.2. The van der Waals surface area contributed by atoms with Gasteiger partial charge in [-0.15, -0.1) is 0 Å². The van der Waals surface area contributed by atoms with Crippen molar-refractivity contribution in [1.29, 1.82) is 0 Å². The van der Waals surface area contributed by atoms with E-state index in [1.54, 1.807) is 0 Å². The van der Waals surface area contributed by atoms with Crippen molar-refractivity contribution in [3.05, 3.63) is 27.8 Å². The Morgan fingerprint density at radius 3 is 2.93 bits per heavy atom. The highest BCUT2D eigenvalue weighted by molar-refractivity contribution is 9.10. The van der Waals surface area contributed by atoms with Gasteiger partial charge in [-0.25, -0.2) is 18.7 Å². The first-order valence-corrected chi connectivity index (χ1v) is 4.93. The molecule has 2 rings (SSSR count). The molecule has 4 nitrogen and oxygen atoms in total. The minimum Gasteiger partial charge on any atom is -0.464 e. The van der Waals surface area contributed by atoms with Crippen LogP contribution in [0.4, 0.5) is 9.18 Å². The number of pyridine rings is 1. The monoisotopic (exact) mass is 292 g/mol. The van der Waals surface area contributed by atoms with Gasteiger partial charge in [-0.2, -0.15) is 0 Å². The van der Waals surface area contributed by atoms with Crippen molar-refractivity contribution < 1.29 is 14.3 Å². The van der Waals surface area contributed by atoms with Crippen LogP contribution in [0.15, 0.2) is 16.9 Å². The molecule has 0 aliphatic heterocycles. The molecule has 0 aromatic carbocycles. The lowest BCUT2D eigenvalue weighted by molar-refractivity contribution is 0.196. The van der Waals surface area contributed by atoms with Gasteiger partial charge in [0.2, 0.25) is 0 Å². The van der Waals surface area contributed by atoms with Crippen molar-refractivity contribution in [2.75, 3.05) is 0 Å². The minimum absolute atomic E-state index is 0.105. The van der Waals surface area contributed by atoms with Crippen molar-refractivity contribution in [2.45, 2.75) is 0 Å². The van der Waals surface area contributed by atoms with Gasteiger partial charge in [0.25, 0.3) is 0 Å². The molecule has 0 bridgehead atoms. The van der Waals surface area contributed by atoms with Gasteiger partial charge < -0.3 is 5.11 Å². The van der Waals surface area contributed by atoms with Crippen LogP contribution < -0.4 is 0 Å². The fraction of sp³-hybridized carbons (Fsp3) is 0. The Morgan fingerprint density at radius 2 is 2.33 bits per heavy atom. The molecule has 1 N–H and O–H groups in total. The zero-order valence-corrected chi connectivity index (χ0v) is 9.38. The van der Waals surface area contributed by atoms with E-state index in [9.17, 15) is 9.18 Å². The van der Waals surface area contributed by atoms with Crippen LogP contribution in [0.25, 0.3) is 10.9 Å². The van der Waals surface area contributed by atoms with Gasteiger partial charge in [-0.05, 0) is 15.9 Å². The molecule has 0 spiro atoms. The zero-order valence-electron chi connectivity index (χ0n) is 7.04. The Bertz CT molecular complexity index is 569. The van der Waals surface area contributed by atoms with Crippen LogP contribution in [0.5, 0.6) is 0 Å². The average Bonchev–Trinajstić information content (AvgIpc) is 2.39.